The Labute approximate surface area is 136 Å². The van der Waals surface area contributed by atoms with Gasteiger partial charge >= 0.3 is 12.8 Å². The highest BCUT2D eigenvalue weighted by molar-refractivity contribution is 6.62. The molecule has 0 radical (unpaired) electrons. The maximum atomic E-state index is 12.0. The minimum absolute atomic E-state index is 0.145. The van der Waals surface area contributed by atoms with Crippen LogP contribution in [0.25, 0.3) is 0 Å². The Morgan fingerprint density at radius 2 is 1.74 bits per heavy atom. The summed E-state index contributed by atoms with van der Waals surface area (Å²) in [7, 11) is 1.24. The van der Waals surface area contributed by atoms with Crippen molar-refractivity contribution in [2.75, 3.05) is 0 Å². The van der Waals surface area contributed by atoms with Crippen LogP contribution in [0.2, 0.25) is 0 Å². The van der Waals surface area contributed by atoms with Crippen molar-refractivity contribution in [3.63, 3.8) is 0 Å². The van der Waals surface area contributed by atoms with Gasteiger partial charge in [-0.15, -0.1) is 0 Å². The standard InChI is InChI=1S/C16H22BN3O3/c1-15(2)16(3,4)23-17(22-15)13-9-7-6-8-12(13)10-20-14(21)19(5)11-18-20/h6-9,11H,10H2,1-5H3. The lowest BCUT2D eigenvalue weighted by molar-refractivity contribution is 0.00578. The molecule has 1 aromatic heterocycles. The molecule has 3 rings (SSSR count). The lowest BCUT2D eigenvalue weighted by Gasteiger charge is -2.32. The van der Waals surface area contributed by atoms with Crippen molar-refractivity contribution in [2.24, 2.45) is 7.05 Å². The Kier molecular flexibility index (Phi) is 3.73. The molecule has 0 N–H and O–H groups in total. The van der Waals surface area contributed by atoms with E-state index in [1.54, 1.807) is 7.05 Å². The van der Waals surface area contributed by atoms with Crippen LogP contribution < -0.4 is 11.2 Å². The van der Waals surface area contributed by atoms with Crippen molar-refractivity contribution < 1.29 is 9.31 Å². The SMILES string of the molecule is Cn1cnn(Cc2ccccc2B2OC(C)(C)C(C)(C)O2)c1=O. The van der Waals surface area contributed by atoms with Crippen LogP contribution in [0.3, 0.4) is 0 Å². The van der Waals surface area contributed by atoms with Gasteiger partial charge in [-0.2, -0.15) is 5.10 Å². The quantitative estimate of drug-likeness (QED) is 0.791. The maximum Gasteiger partial charge on any atom is 0.495 e. The number of aromatic nitrogens is 3. The fraction of sp³-hybridized carbons (Fsp3) is 0.500. The van der Waals surface area contributed by atoms with Gasteiger partial charge in [0.1, 0.15) is 6.33 Å². The molecule has 0 saturated carbocycles. The average Bonchev–Trinajstić information content (AvgIpc) is 2.89. The van der Waals surface area contributed by atoms with Crippen LogP contribution in [0.1, 0.15) is 33.3 Å². The van der Waals surface area contributed by atoms with Gasteiger partial charge in [-0.1, -0.05) is 24.3 Å². The lowest BCUT2D eigenvalue weighted by atomic mass is 9.76. The van der Waals surface area contributed by atoms with Crippen LogP contribution in [0.15, 0.2) is 35.4 Å². The summed E-state index contributed by atoms with van der Waals surface area (Å²) in [6.07, 6.45) is 1.51. The molecule has 0 spiro atoms. The van der Waals surface area contributed by atoms with E-state index >= 15 is 0 Å². The highest BCUT2D eigenvalue weighted by Gasteiger charge is 2.52. The number of nitrogens with zero attached hydrogens (tertiary/aromatic N) is 3. The van der Waals surface area contributed by atoms with Crippen molar-refractivity contribution >= 4 is 12.6 Å². The van der Waals surface area contributed by atoms with E-state index in [0.717, 1.165) is 11.0 Å². The predicted molar refractivity (Wildman–Crippen MR) is 88.7 cm³/mol. The summed E-state index contributed by atoms with van der Waals surface area (Å²) in [6.45, 7) is 8.50. The second-order valence-electron chi connectivity index (χ2n) is 6.97. The molecule has 6 nitrogen and oxygen atoms in total. The van der Waals surface area contributed by atoms with Gasteiger partial charge in [0.25, 0.3) is 0 Å². The highest BCUT2D eigenvalue weighted by Crippen LogP contribution is 2.36. The summed E-state index contributed by atoms with van der Waals surface area (Å²) in [4.78, 5) is 12.0. The summed E-state index contributed by atoms with van der Waals surface area (Å²) in [5.41, 5.74) is 0.961. The first-order chi connectivity index (χ1) is 10.7. The molecule has 0 aliphatic carbocycles. The molecule has 23 heavy (non-hydrogen) atoms. The van der Waals surface area contributed by atoms with Crippen LogP contribution >= 0.6 is 0 Å². The van der Waals surface area contributed by atoms with Crippen LogP contribution in [-0.4, -0.2) is 32.7 Å². The maximum absolute atomic E-state index is 12.0. The Hall–Kier alpha value is -1.86. The molecule has 7 heteroatoms. The molecule has 0 amide bonds. The summed E-state index contributed by atoms with van der Waals surface area (Å²) < 4.78 is 15.1. The van der Waals surface area contributed by atoms with Gasteiger partial charge in [0.05, 0.1) is 17.7 Å². The second-order valence-corrected chi connectivity index (χ2v) is 6.97. The molecule has 1 aromatic carbocycles. The van der Waals surface area contributed by atoms with E-state index in [1.165, 1.54) is 15.6 Å². The van der Waals surface area contributed by atoms with Gasteiger partial charge < -0.3 is 9.31 Å². The third-order valence-corrected chi connectivity index (χ3v) is 4.77. The summed E-state index contributed by atoms with van der Waals surface area (Å²) in [6, 6.07) is 7.84. The molecule has 1 saturated heterocycles. The molecule has 1 aliphatic rings. The predicted octanol–water partition coefficient (Wildman–Crippen LogP) is 0.929. The van der Waals surface area contributed by atoms with Crippen LogP contribution in [0, 0.1) is 0 Å². The first-order valence-corrected chi connectivity index (χ1v) is 7.73. The number of rotatable bonds is 3. The van der Waals surface area contributed by atoms with Gasteiger partial charge in [-0.25, -0.2) is 9.48 Å². The normalized spacial score (nSPS) is 19.3. The van der Waals surface area contributed by atoms with Gasteiger partial charge in [0.2, 0.25) is 0 Å². The minimum atomic E-state index is -0.449. The van der Waals surface area contributed by atoms with Crippen molar-refractivity contribution in [3.8, 4) is 0 Å². The van der Waals surface area contributed by atoms with E-state index in [0.29, 0.717) is 6.54 Å². The Bertz CT molecular complexity index is 763. The highest BCUT2D eigenvalue weighted by atomic mass is 16.7. The monoisotopic (exact) mass is 315 g/mol. The molecule has 1 fully saturated rings. The van der Waals surface area contributed by atoms with Crippen molar-refractivity contribution in [3.05, 3.63) is 46.6 Å². The first kappa shape index (κ1) is 16.0. The number of hydrogen-bond donors (Lipinski definition) is 0. The van der Waals surface area contributed by atoms with Gasteiger partial charge in [-0.05, 0) is 38.7 Å². The Morgan fingerprint density at radius 1 is 1.13 bits per heavy atom. The molecule has 2 heterocycles. The van der Waals surface area contributed by atoms with Crippen molar-refractivity contribution in [1.29, 1.82) is 0 Å². The zero-order valence-electron chi connectivity index (χ0n) is 14.2. The summed E-state index contributed by atoms with van der Waals surface area (Å²) in [5.74, 6) is 0. The smallest absolute Gasteiger partial charge is 0.399 e. The van der Waals surface area contributed by atoms with Crippen molar-refractivity contribution in [1.82, 2.24) is 14.3 Å². The number of hydrogen-bond acceptors (Lipinski definition) is 4. The summed E-state index contributed by atoms with van der Waals surface area (Å²) in [5, 5.41) is 4.12. The molecule has 1 aliphatic heterocycles. The van der Waals surface area contributed by atoms with E-state index in [1.807, 2.05) is 52.0 Å². The fourth-order valence-corrected chi connectivity index (χ4v) is 2.57. The lowest BCUT2D eigenvalue weighted by Crippen LogP contribution is -2.41. The molecule has 0 bridgehead atoms. The van der Waals surface area contributed by atoms with E-state index in [9.17, 15) is 4.79 Å². The number of aryl methyl sites for hydroxylation is 1. The van der Waals surface area contributed by atoms with E-state index in [4.69, 9.17) is 9.31 Å². The number of benzene rings is 1. The topological polar surface area (TPSA) is 58.3 Å². The van der Waals surface area contributed by atoms with Crippen molar-refractivity contribution in [2.45, 2.75) is 45.4 Å². The third-order valence-electron chi connectivity index (χ3n) is 4.77. The fourth-order valence-electron chi connectivity index (χ4n) is 2.57. The Balaban J connectivity index is 1.93. The summed E-state index contributed by atoms with van der Waals surface area (Å²) >= 11 is 0. The molecule has 0 atom stereocenters. The zero-order chi connectivity index (χ0) is 16.8. The molecule has 122 valence electrons. The Morgan fingerprint density at radius 3 is 2.30 bits per heavy atom. The van der Waals surface area contributed by atoms with Crippen LogP contribution in [0.5, 0.6) is 0 Å². The average molecular weight is 315 g/mol. The van der Waals surface area contributed by atoms with E-state index in [-0.39, 0.29) is 5.69 Å². The van der Waals surface area contributed by atoms with Gasteiger partial charge in [0, 0.05) is 7.05 Å². The molecule has 0 unspecified atom stereocenters. The van der Waals surface area contributed by atoms with E-state index in [2.05, 4.69) is 5.10 Å². The molecular formula is C16H22BN3O3. The second kappa shape index (κ2) is 5.35. The molecule has 2 aromatic rings. The van der Waals surface area contributed by atoms with Gasteiger partial charge in [0.15, 0.2) is 0 Å². The molecular weight excluding hydrogens is 293 g/mol. The van der Waals surface area contributed by atoms with E-state index < -0.39 is 18.3 Å². The zero-order valence-corrected chi connectivity index (χ0v) is 14.2. The third kappa shape index (κ3) is 2.75. The van der Waals surface area contributed by atoms with Gasteiger partial charge in [-0.3, -0.25) is 4.57 Å². The largest absolute Gasteiger partial charge is 0.495 e. The van der Waals surface area contributed by atoms with Crippen LogP contribution in [-0.2, 0) is 22.9 Å². The first-order valence-electron chi connectivity index (χ1n) is 7.73. The van der Waals surface area contributed by atoms with Crippen LogP contribution in [0.4, 0.5) is 0 Å². The minimum Gasteiger partial charge on any atom is -0.399 e.